The summed E-state index contributed by atoms with van der Waals surface area (Å²) in [6, 6.07) is 61.5. The van der Waals surface area contributed by atoms with Crippen molar-refractivity contribution in [1.82, 2.24) is 4.57 Å². The summed E-state index contributed by atoms with van der Waals surface area (Å²) in [5.74, 6) is 0. The Labute approximate surface area is 324 Å². The number of benzene rings is 7. The van der Waals surface area contributed by atoms with Gasteiger partial charge in [-0.25, -0.2) is 0 Å². The van der Waals surface area contributed by atoms with Gasteiger partial charge < -0.3 is 9.47 Å². The van der Waals surface area contributed by atoms with Gasteiger partial charge in [-0.05, 0) is 119 Å². The summed E-state index contributed by atoms with van der Waals surface area (Å²) in [7, 11) is 0. The molecule has 2 heteroatoms. The molecule has 0 bridgehead atoms. The van der Waals surface area contributed by atoms with E-state index in [2.05, 4.69) is 217 Å². The van der Waals surface area contributed by atoms with Gasteiger partial charge in [0.25, 0.3) is 0 Å². The van der Waals surface area contributed by atoms with E-state index >= 15 is 0 Å². The Bertz CT molecular complexity index is 2740. The van der Waals surface area contributed by atoms with E-state index in [-0.39, 0.29) is 0 Å². The van der Waals surface area contributed by atoms with Crippen molar-refractivity contribution >= 4 is 62.2 Å². The molecule has 0 unspecified atom stereocenters. The van der Waals surface area contributed by atoms with Gasteiger partial charge in [-0.1, -0.05) is 152 Å². The van der Waals surface area contributed by atoms with E-state index in [0.717, 1.165) is 35.6 Å². The van der Waals surface area contributed by atoms with E-state index in [1.165, 1.54) is 66.3 Å². The van der Waals surface area contributed by atoms with E-state index in [9.17, 15) is 0 Å². The summed E-state index contributed by atoms with van der Waals surface area (Å²) in [4.78, 5) is 2.36. The molecule has 0 N–H and O–H groups in total. The second-order valence-corrected chi connectivity index (χ2v) is 14.0. The summed E-state index contributed by atoms with van der Waals surface area (Å²) in [5, 5.41) is 3.75. The molecule has 0 radical (unpaired) electrons. The average molecular weight is 707 g/mol. The van der Waals surface area contributed by atoms with Crippen LogP contribution in [0.2, 0.25) is 0 Å². The Balaban J connectivity index is 1.14. The first-order valence-electron chi connectivity index (χ1n) is 19.1. The predicted molar refractivity (Wildman–Crippen MR) is 238 cm³/mol. The molecule has 0 saturated heterocycles. The highest BCUT2D eigenvalue weighted by atomic mass is 15.1. The van der Waals surface area contributed by atoms with Crippen LogP contribution in [0, 0.1) is 0 Å². The van der Waals surface area contributed by atoms with Gasteiger partial charge in [0.2, 0.25) is 0 Å². The summed E-state index contributed by atoms with van der Waals surface area (Å²) in [6.07, 6.45) is 12.9. The second kappa shape index (κ2) is 14.9. The van der Waals surface area contributed by atoms with Crippen molar-refractivity contribution in [2.24, 2.45) is 0 Å². The Morgan fingerprint density at radius 2 is 1.15 bits per heavy atom. The van der Waals surface area contributed by atoms with Crippen LogP contribution in [0.5, 0.6) is 0 Å². The van der Waals surface area contributed by atoms with Crippen molar-refractivity contribution in [1.29, 1.82) is 0 Å². The zero-order chi connectivity index (χ0) is 37.1. The maximum Gasteiger partial charge on any atom is 0.0541 e. The zero-order valence-corrected chi connectivity index (χ0v) is 31.1. The number of anilines is 3. The highest BCUT2D eigenvalue weighted by molar-refractivity contribution is 6.01. The lowest BCUT2D eigenvalue weighted by molar-refractivity contribution is 1.03. The van der Waals surface area contributed by atoms with Gasteiger partial charge in [0.05, 0.1) is 11.2 Å². The largest absolute Gasteiger partial charge is 0.311 e. The summed E-state index contributed by atoms with van der Waals surface area (Å²) in [6.45, 7) is 6.34. The van der Waals surface area contributed by atoms with Crippen molar-refractivity contribution in [2.75, 3.05) is 4.90 Å². The van der Waals surface area contributed by atoms with Gasteiger partial charge >= 0.3 is 0 Å². The molecule has 8 aromatic rings. The van der Waals surface area contributed by atoms with E-state index in [0.29, 0.717) is 0 Å². The van der Waals surface area contributed by atoms with E-state index in [4.69, 9.17) is 0 Å². The second-order valence-electron chi connectivity index (χ2n) is 14.0. The normalized spacial score (nSPS) is 12.9. The molecule has 7 aromatic carbocycles. The first-order valence-corrected chi connectivity index (χ1v) is 19.1. The molecule has 0 atom stereocenters. The number of rotatable bonds is 9. The Kier molecular flexibility index (Phi) is 9.15. The van der Waals surface area contributed by atoms with Crippen molar-refractivity contribution in [3.05, 3.63) is 211 Å². The molecule has 0 saturated carbocycles. The third kappa shape index (κ3) is 6.32. The molecule has 0 aliphatic heterocycles. The van der Waals surface area contributed by atoms with Crippen LogP contribution in [-0.4, -0.2) is 4.57 Å². The number of allylic oxidation sites excluding steroid dienone is 5. The number of para-hydroxylation sites is 1. The number of hydrogen-bond acceptors (Lipinski definition) is 1. The molecule has 0 fully saturated rings. The van der Waals surface area contributed by atoms with Gasteiger partial charge in [-0.3, -0.25) is 0 Å². The fourth-order valence-electron chi connectivity index (χ4n) is 8.20. The highest BCUT2D eigenvalue weighted by Gasteiger charge is 2.21. The lowest BCUT2D eigenvalue weighted by Crippen LogP contribution is -2.10. The van der Waals surface area contributed by atoms with Crippen LogP contribution in [0.15, 0.2) is 195 Å². The van der Waals surface area contributed by atoms with Gasteiger partial charge in [0.15, 0.2) is 0 Å². The number of fused-ring (bicyclic) bond motifs is 2. The molecule has 1 heterocycles. The summed E-state index contributed by atoms with van der Waals surface area (Å²) in [5.41, 5.74) is 15.5. The molecular weight excluding hydrogens is 665 g/mol. The minimum Gasteiger partial charge on any atom is -0.311 e. The van der Waals surface area contributed by atoms with Gasteiger partial charge in [0.1, 0.15) is 0 Å². The van der Waals surface area contributed by atoms with E-state index in [1.54, 1.807) is 0 Å². The average Bonchev–Trinajstić information content (AvgIpc) is 3.57. The van der Waals surface area contributed by atoms with Crippen LogP contribution in [0.25, 0.3) is 67.4 Å². The maximum absolute atomic E-state index is 4.26. The molecular formula is C53H42N2. The molecule has 0 spiro atoms. The monoisotopic (exact) mass is 706 g/mol. The fraction of sp³-hybridized carbons (Fsp3) is 0.0566. The Hall–Kier alpha value is -6.90. The van der Waals surface area contributed by atoms with Crippen LogP contribution in [0.3, 0.4) is 0 Å². The quantitative estimate of drug-likeness (QED) is 0.145. The summed E-state index contributed by atoms with van der Waals surface area (Å²) >= 11 is 0. The van der Waals surface area contributed by atoms with E-state index in [1.807, 2.05) is 6.08 Å². The van der Waals surface area contributed by atoms with Crippen LogP contribution < -0.4 is 4.90 Å². The molecule has 0 amide bonds. The van der Waals surface area contributed by atoms with Crippen LogP contribution in [0.1, 0.15) is 36.6 Å². The van der Waals surface area contributed by atoms with Crippen LogP contribution in [0.4, 0.5) is 17.1 Å². The first-order chi connectivity index (χ1) is 27.2. The molecule has 1 aliphatic rings. The molecule has 9 rings (SSSR count). The fourth-order valence-corrected chi connectivity index (χ4v) is 8.20. The predicted octanol–water partition coefficient (Wildman–Crippen LogP) is 15.0. The van der Waals surface area contributed by atoms with Crippen LogP contribution in [-0.2, 0) is 0 Å². The minimum atomic E-state index is 0.966. The minimum absolute atomic E-state index is 0.966. The first kappa shape index (κ1) is 33.9. The van der Waals surface area contributed by atoms with Crippen molar-refractivity contribution in [3.63, 3.8) is 0 Å². The number of aromatic nitrogens is 1. The maximum atomic E-state index is 4.26. The smallest absolute Gasteiger partial charge is 0.0541 e. The third-order valence-electron chi connectivity index (χ3n) is 10.8. The van der Waals surface area contributed by atoms with Crippen LogP contribution >= 0.6 is 0 Å². The van der Waals surface area contributed by atoms with Crippen molar-refractivity contribution in [3.8, 4) is 22.3 Å². The molecule has 264 valence electrons. The Morgan fingerprint density at radius 3 is 1.84 bits per heavy atom. The standard InChI is InChI=1S/C53H42N2/c1-3-15-49-50-22-11-13-25-53(50)55(51(49)4-2)52-24-12-10-21-48(52)42-30-36-45(37-31-42)54(43-32-26-39(27-33-43)38-16-6-5-7-17-38)44-34-28-41(29-35-44)47-23-14-19-40-18-8-9-20-46(40)47/h3-9,11-20,22-37H,2,10,21H2,1H3/b15-3-. The van der Waals surface area contributed by atoms with Gasteiger partial charge in [-0.2, -0.15) is 0 Å². The van der Waals surface area contributed by atoms with Crippen molar-refractivity contribution < 1.29 is 0 Å². The molecule has 1 aromatic heterocycles. The number of nitrogens with zero attached hydrogens (tertiary/aromatic N) is 2. The molecule has 2 nitrogen and oxygen atoms in total. The van der Waals surface area contributed by atoms with E-state index < -0.39 is 0 Å². The third-order valence-corrected chi connectivity index (χ3v) is 10.8. The van der Waals surface area contributed by atoms with Gasteiger partial charge in [0, 0.05) is 33.7 Å². The highest BCUT2D eigenvalue weighted by Crippen LogP contribution is 2.41. The molecule has 1 aliphatic carbocycles. The lowest BCUT2D eigenvalue weighted by atomic mass is 9.94. The van der Waals surface area contributed by atoms with Crippen molar-refractivity contribution in [2.45, 2.75) is 19.8 Å². The summed E-state index contributed by atoms with van der Waals surface area (Å²) < 4.78 is 2.40. The van der Waals surface area contributed by atoms with Gasteiger partial charge in [-0.15, -0.1) is 0 Å². The zero-order valence-electron chi connectivity index (χ0n) is 31.1. The number of hydrogen-bond donors (Lipinski definition) is 0. The Morgan fingerprint density at radius 1 is 0.564 bits per heavy atom. The molecule has 55 heavy (non-hydrogen) atoms. The topological polar surface area (TPSA) is 8.17 Å². The SMILES string of the molecule is C=Cc1c(/C=C\C)c2ccccc2n1C1=C(c2ccc(N(c3ccc(-c4ccccc4)cc3)c3ccc(-c4cccc5ccccc45)cc3)cc2)CCC=C1. The lowest BCUT2D eigenvalue weighted by Gasteiger charge is -2.27.